The number of methoxy groups -OCH3 is 1. The van der Waals surface area contributed by atoms with Gasteiger partial charge >= 0.3 is 0 Å². The Balaban J connectivity index is 1.81. The van der Waals surface area contributed by atoms with E-state index in [0.717, 1.165) is 5.56 Å². The maximum absolute atomic E-state index is 11.9. The summed E-state index contributed by atoms with van der Waals surface area (Å²) in [7, 11) is 1.55. The fraction of sp³-hybridized carbons (Fsp3) is 0.176. The van der Waals surface area contributed by atoms with Gasteiger partial charge in [-0.1, -0.05) is 24.3 Å². The molecule has 0 aromatic heterocycles. The minimum atomic E-state index is -0.564. The van der Waals surface area contributed by atoms with Gasteiger partial charge in [0.1, 0.15) is 5.75 Å². The number of carbonyl (C=O) groups is 2. The van der Waals surface area contributed by atoms with Crippen LogP contribution < -0.4 is 20.9 Å². The number of para-hydroxylation sites is 2. The van der Waals surface area contributed by atoms with Crippen molar-refractivity contribution in [2.75, 3.05) is 19.0 Å². The van der Waals surface area contributed by atoms with Crippen LogP contribution in [0.3, 0.4) is 0 Å². The van der Waals surface area contributed by atoms with E-state index in [2.05, 4.69) is 10.6 Å². The molecule has 0 bridgehead atoms. The molecule has 0 saturated carbocycles. The summed E-state index contributed by atoms with van der Waals surface area (Å²) < 4.78 is 5.17. The van der Waals surface area contributed by atoms with Gasteiger partial charge in [0.2, 0.25) is 5.91 Å². The second kappa shape index (κ2) is 8.66. The molecule has 0 saturated heterocycles. The van der Waals surface area contributed by atoms with Crippen molar-refractivity contribution < 1.29 is 19.5 Å². The molecule has 2 amide bonds. The van der Waals surface area contributed by atoms with Gasteiger partial charge in [0, 0.05) is 12.1 Å². The van der Waals surface area contributed by atoms with E-state index >= 15 is 0 Å². The predicted molar refractivity (Wildman–Crippen MR) is 89.0 cm³/mol. The number of benzene rings is 2. The summed E-state index contributed by atoms with van der Waals surface area (Å²) in [6.45, 7) is 0.608. The van der Waals surface area contributed by atoms with E-state index in [9.17, 15) is 9.59 Å². The normalized spacial score (nSPS) is 10.1. The largest absolute Gasteiger partial charge is 0.495 e. The average Bonchev–Trinajstić information content (AvgIpc) is 2.62. The van der Waals surface area contributed by atoms with Gasteiger partial charge in [-0.05, 0) is 29.8 Å². The van der Waals surface area contributed by atoms with Gasteiger partial charge in [-0.25, -0.2) is 5.48 Å². The lowest BCUT2D eigenvalue weighted by molar-refractivity contribution is -0.115. The van der Waals surface area contributed by atoms with Crippen molar-refractivity contribution in [1.29, 1.82) is 0 Å². The molecule has 0 heterocycles. The lowest BCUT2D eigenvalue weighted by Crippen LogP contribution is -2.27. The molecule has 0 fully saturated rings. The zero-order valence-electron chi connectivity index (χ0n) is 13.2. The van der Waals surface area contributed by atoms with Crippen LogP contribution in [0, 0.1) is 0 Å². The average molecular weight is 329 g/mol. The summed E-state index contributed by atoms with van der Waals surface area (Å²) in [5, 5.41) is 14.3. The van der Waals surface area contributed by atoms with Crippen LogP contribution in [0.2, 0.25) is 0 Å². The first-order valence-corrected chi connectivity index (χ1v) is 7.31. The first-order chi connectivity index (χ1) is 11.6. The third-order valence-electron chi connectivity index (χ3n) is 3.31. The smallest absolute Gasteiger partial charge is 0.274 e. The highest BCUT2D eigenvalue weighted by atomic mass is 16.5. The maximum Gasteiger partial charge on any atom is 0.274 e. The van der Waals surface area contributed by atoms with Crippen molar-refractivity contribution in [2.45, 2.75) is 6.54 Å². The van der Waals surface area contributed by atoms with Crippen LogP contribution in [-0.2, 0) is 11.3 Å². The predicted octanol–water partition coefficient (Wildman–Crippen LogP) is 1.54. The molecule has 24 heavy (non-hydrogen) atoms. The van der Waals surface area contributed by atoms with Crippen LogP contribution in [0.1, 0.15) is 15.9 Å². The van der Waals surface area contributed by atoms with Gasteiger partial charge in [-0.15, -0.1) is 0 Å². The number of rotatable bonds is 7. The van der Waals surface area contributed by atoms with Crippen molar-refractivity contribution in [1.82, 2.24) is 10.8 Å². The van der Waals surface area contributed by atoms with Gasteiger partial charge in [0.05, 0.1) is 19.3 Å². The van der Waals surface area contributed by atoms with Crippen LogP contribution in [0.5, 0.6) is 5.75 Å². The van der Waals surface area contributed by atoms with E-state index in [-0.39, 0.29) is 12.5 Å². The molecule has 0 aliphatic rings. The zero-order chi connectivity index (χ0) is 17.4. The quantitative estimate of drug-likeness (QED) is 0.456. The summed E-state index contributed by atoms with van der Waals surface area (Å²) in [5.74, 6) is -0.148. The number of hydrogen-bond acceptors (Lipinski definition) is 5. The monoisotopic (exact) mass is 329 g/mol. The molecular formula is C17H19N3O4. The fourth-order valence-electron chi connectivity index (χ4n) is 2.10. The summed E-state index contributed by atoms with van der Waals surface area (Å²) in [6, 6.07) is 13.9. The molecule has 0 unspecified atom stereocenters. The second-order valence-corrected chi connectivity index (χ2v) is 4.99. The highest BCUT2D eigenvalue weighted by Gasteiger charge is 2.07. The number of carbonyl (C=O) groups excluding carboxylic acids is 2. The Morgan fingerprint density at radius 1 is 1.08 bits per heavy atom. The number of hydroxylamine groups is 1. The van der Waals surface area contributed by atoms with Gasteiger partial charge < -0.3 is 15.4 Å². The molecule has 0 radical (unpaired) electrons. The molecule has 126 valence electrons. The van der Waals surface area contributed by atoms with E-state index < -0.39 is 5.91 Å². The lowest BCUT2D eigenvalue weighted by Gasteiger charge is -2.10. The maximum atomic E-state index is 11.9. The van der Waals surface area contributed by atoms with Gasteiger partial charge in [0.25, 0.3) is 5.91 Å². The number of nitrogens with one attached hydrogen (secondary N) is 3. The highest BCUT2D eigenvalue weighted by Crippen LogP contribution is 2.22. The Bertz CT molecular complexity index is 701. The molecule has 0 atom stereocenters. The molecular weight excluding hydrogens is 310 g/mol. The fourth-order valence-corrected chi connectivity index (χ4v) is 2.10. The number of amides is 2. The van der Waals surface area contributed by atoms with E-state index in [4.69, 9.17) is 9.94 Å². The Morgan fingerprint density at radius 2 is 1.79 bits per heavy atom. The standard InChI is InChI=1S/C17H19N3O4/c1-24-15-5-3-2-4-14(15)19-16(21)11-18-10-12-6-8-13(9-7-12)17(22)20-23/h2-9,18,23H,10-11H2,1H3,(H,19,21)(H,20,22). The van der Waals surface area contributed by atoms with E-state index in [1.807, 2.05) is 12.1 Å². The van der Waals surface area contributed by atoms with Gasteiger partial charge in [0.15, 0.2) is 0 Å². The molecule has 0 aliphatic carbocycles. The minimum Gasteiger partial charge on any atom is -0.495 e. The molecule has 2 aromatic rings. The number of hydrogen-bond donors (Lipinski definition) is 4. The molecule has 4 N–H and O–H groups in total. The van der Waals surface area contributed by atoms with E-state index in [1.54, 1.807) is 49.0 Å². The highest BCUT2D eigenvalue weighted by molar-refractivity contribution is 5.94. The minimum absolute atomic E-state index is 0.136. The molecule has 7 heteroatoms. The topological polar surface area (TPSA) is 99.7 Å². The van der Waals surface area contributed by atoms with Crippen LogP contribution in [0.25, 0.3) is 0 Å². The molecule has 0 spiro atoms. The van der Waals surface area contributed by atoms with Crippen LogP contribution in [0.15, 0.2) is 48.5 Å². The Hall–Kier alpha value is -2.90. The van der Waals surface area contributed by atoms with E-state index in [0.29, 0.717) is 23.5 Å². The summed E-state index contributed by atoms with van der Waals surface area (Å²) in [5.41, 5.74) is 3.46. The molecule has 7 nitrogen and oxygen atoms in total. The number of ether oxygens (including phenoxy) is 1. The van der Waals surface area contributed by atoms with Crippen molar-refractivity contribution in [3.8, 4) is 5.75 Å². The first-order valence-electron chi connectivity index (χ1n) is 7.31. The SMILES string of the molecule is COc1ccccc1NC(=O)CNCc1ccc(C(=O)NO)cc1. The molecule has 0 aliphatic heterocycles. The zero-order valence-corrected chi connectivity index (χ0v) is 13.2. The molecule has 2 rings (SSSR count). The third-order valence-corrected chi connectivity index (χ3v) is 3.31. The van der Waals surface area contributed by atoms with E-state index in [1.165, 1.54) is 0 Å². The second-order valence-electron chi connectivity index (χ2n) is 4.99. The lowest BCUT2D eigenvalue weighted by atomic mass is 10.1. The number of anilines is 1. The van der Waals surface area contributed by atoms with Crippen LogP contribution in [0.4, 0.5) is 5.69 Å². The summed E-state index contributed by atoms with van der Waals surface area (Å²) in [4.78, 5) is 23.2. The third kappa shape index (κ3) is 4.80. The van der Waals surface area contributed by atoms with Crippen LogP contribution in [-0.4, -0.2) is 30.7 Å². The Morgan fingerprint density at radius 3 is 2.46 bits per heavy atom. The molecule has 2 aromatic carbocycles. The Kier molecular flexibility index (Phi) is 6.30. The van der Waals surface area contributed by atoms with Crippen molar-refractivity contribution in [3.05, 3.63) is 59.7 Å². The summed E-state index contributed by atoms with van der Waals surface area (Å²) >= 11 is 0. The first kappa shape index (κ1) is 17.5. The van der Waals surface area contributed by atoms with Crippen LogP contribution >= 0.6 is 0 Å². The Labute approximate surface area is 139 Å². The van der Waals surface area contributed by atoms with Crippen molar-refractivity contribution >= 4 is 17.5 Å². The van der Waals surface area contributed by atoms with Crippen molar-refractivity contribution in [3.63, 3.8) is 0 Å². The van der Waals surface area contributed by atoms with Gasteiger partial charge in [-0.2, -0.15) is 0 Å². The van der Waals surface area contributed by atoms with Gasteiger partial charge in [-0.3, -0.25) is 14.8 Å². The summed E-state index contributed by atoms with van der Waals surface area (Å²) in [6.07, 6.45) is 0. The van der Waals surface area contributed by atoms with Crippen molar-refractivity contribution in [2.24, 2.45) is 0 Å².